The van der Waals surface area contributed by atoms with Crippen molar-refractivity contribution in [3.8, 4) is 11.5 Å². The average molecular weight is 326 g/mol. The second-order valence-electron chi connectivity index (χ2n) is 6.04. The second-order valence-corrected chi connectivity index (χ2v) is 6.04. The Kier molecular flexibility index (Phi) is 5.72. The first-order valence-electron chi connectivity index (χ1n) is 8.63. The van der Waals surface area contributed by atoms with E-state index in [4.69, 9.17) is 9.47 Å². The molecule has 1 aliphatic rings. The fourth-order valence-corrected chi connectivity index (χ4v) is 3.28. The monoisotopic (exact) mass is 326 g/mol. The summed E-state index contributed by atoms with van der Waals surface area (Å²) < 4.78 is 11.0. The summed E-state index contributed by atoms with van der Waals surface area (Å²) in [5.41, 5.74) is 2.55. The third-order valence-corrected chi connectivity index (χ3v) is 4.48. The molecular formula is C20H26N2O2. The normalized spacial score (nSPS) is 20.1. The standard InChI is InChI=1S/C20H26N2O2/c1-3-24-19-13-15(9-10-18(19)23-2)14-22-17-11-12-21-20(17)16-7-5-4-6-8-16/h4-10,13,17,20-22H,3,11-12,14H2,1-2H3/t17-,20-/m1/s1. The Balaban J connectivity index is 1.65. The molecule has 0 saturated carbocycles. The van der Waals surface area contributed by atoms with E-state index in [1.165, 1.54) is 11.1 Å². The molecular weight excluding hydrogens is 300 g/mol. The van der Waals surface area contributed by atoms with E-state index in [0.717, 1.165) is 31.0 Å². The first kappa shape index (κ1) is 16.8. The van der Waals surface area contributed by atoms with E-state index in [1.807, 2.05) is 13.0 Å². The van der Waals surface area contributed by atoms with Crippen molar-refractivity contribution in [3.63, 3.8) is 0 Å². The molecule has 1 heterocycles. The molecule has 128 valence electrons. The Morgan fingerprint density at radius 1 is 1.12 bits per heavy atom. The Morgan fingerprint density at radius 2 is 1.96 bits per heavy atom. The van der Waals surface area contributed by atoms with Gasteiger partial charge in [0, 0.05) is 18.6 Å². The summed E-state index contributed by atoms with van der Waals surface area (Å²) in [5.74, 6) is 1.59. The molecule has 2 atom stereocenters. The van der Waals surface area contributed by atoms with Gasteiger partial charge < -0.3 is 20.1 Å². The van der Waals surface area contributed by atoms with Crippen LogP contribution in [-0.2, 0) is 6.54 Å². The van der Waals surface area contributed by atoms with Gasteiger partial charge >= 0.3 is 0 Å². The van der Waals surface area contributed by atoms with Gasteiger partial charge in [0.25, 0.3) is 0 Å². The van der Waals surface area contributed by atoms with Crippen LogP contribution in [-0.4, -0.2) is 26.3 Å². The molecule has 1 fully saturated rings. The van der Waals surface area contributed by atoms with Gasteiger partial charge in [-0.15, -0.1) is 0 Å². The first-order chi connectivity index (χ1) is 11.8. The predicted octanol–water partition coefficient (Wildman–Crippen LogP) is 3.29. The fourth-order valence-electron chi connectivity index (χ4n) is 3.28. The van der Waals surface area contributed by atoms with Crippen molar-refractivity contribution in [3.05, 3.63) is 59.7 Å². The van der Waals surface area contributed by atoms with E-state index in [-0.39, 0.29) is 0 Å². The molecule has 0 amide bonds. The quantitative estimate of drug-likeness (QED) is 0.819. The molecule has 1 saturated heterocycles. The highest BCUT2D eigenvalue weighted by Crippen LogP contribution is 2.29. The Bertz CT molecular complexity index is 645. The minimum Gasteiger partial charge on any atom is -0.493 e. The van der Waals surface area contributed by atoms with Crippen molar-refractivity contribution in [2.75, 3.05) is 20.3 Å². The zero-order valence-corrected chi connectivity index (χ0v) is 14.4. The first-order valence-corrected chi connectivity index (χ1v) is 8.63. The molecule has 2 N–H and O–H groups in total. The minimum absolute atomic E-state index is 0.371. The van der Waals surface area contributed by atoms with Gasteiger partial charge in [-0.05, 0) is 43.1 Å². The molecule has 4 heteroatoms. The van der Waals surface area contributed by atoms with Crippen LogP contribution in [0.25, 0.3) is 0 Å². The number of rotatable bonds is 7. The number of benzene rings is 2. The SMILES string of the molecule is CCOc1cc(CN[C@@H]2CCN[C@@H]2c2ccccc2)ccc1OC. The van der Waals surface area contributed by atoms with Crippen molar-refractivity contribution in [2.24, 2.45) is 0 Å². The molecule has 24 heavy (non-hydrogen) atoms. The third-order valence-electron chi connectivity index (χ3n) is 4.48. The molecule has 0 aliphatic carbocycles. The molecule has 2 aromatic rings. The van der Waals surface area contributed by atoms with Crippen molar-refractivity contribution in [2.45, 2.75) is 32.0 Å². The fraction of sp³-hybridized carbons (Fsp3) is 0.400. The lowest BCUT2D eigenvalue weighted by Crippen LogP contribution is -2.33. The molecule has 0 bridgehead atoms. The largest absolute Gasteiger partial charge is 0.493 e. The van der Waals surface area contributed by atoms with E-state index in [2.05, 4.69) is 53.1 Å². The van der Waals surface area contributed by atoms with Crippen LogP contribution in [0.4, 0.5) is 0 Å². The van der Waals surface area contributed by atoms with Gasteiger partial charge in [-0.1, -0.05) is 36.4 Å². The maximum absolute atomic E-state index is 5.67. The van der Waals surface area contributed by atoms with Gasteiger partial charge in [-0.25, -0.2) is 0 Å². The molecule has 2 aromatic carbocycles. The summed E-state index contributed by atoms with van der Waals surface area (Å²) in [6.07, 6.45) is 1.13. The number of ether oxygens (including phenoxy) is 2. The zero-order valence-electron chi connectivity index (χ0n) is 14.4. The summed E-state index contributed by atoms with van der Waals surface area (Å²) in [4.78, 5) is 0. The Hall–Kier alpha value is -2.04. The molecule has 3 rings (SSSR count). The zero-order chi connectivity index (χ0) is 16.8. The van der Waals surface area contributed by atoms with E-state index >= 15 is 0 Å². The highest BCUT2D eigenvalue weighted by Gasteiger charge is 2.27. The van der Waals surface area contributed by atoms with Crippen molar-refractivity contribution in [1.29, 1.82) is 0 Å². The van der Waals surface area contributed by atoms with Crippen molar-refractivity contribution >= 4 is 0 Å². The van der Waals surface area contributed by atoms with Gasteiger partial charge in [0.15, 0.2) is 11.5 Å². The van der Waals surface area contributed by atoms with Crippen LogP contribution in [0.5, 0.6) is 11.5 Å². The number of hydrogen-bond donors (Lipinski definition) is 2. The molecule has 0 spiro atoms. The highest BCUT2D eigenvalue weighted by atomic mass is 16.5. The van der Waals surface area contributed by atoms with Crippen LogP contribution in [0, 0.1) is 0 Å². The average Bonchev–Trinajstić information content (AvgIpc) is 3.10. The number of nitrogens with one attached hydrogen (secondary N) is 2. The second kappa shape index (κ2) is 8.18. The van der Waals surface area contributed by atoms with Crippen LogP contribution >= 0.6 is 0 Å². The Morgan fingerprint density at radius 3 is 2.71 bits per heavy atom. The van der Waals surface area contributed by atoms with E-state index < -0.39 is 0 Å². The van der Waals surface area contributed by atoms with E-state index in [1.54, 1.807) is 7.11 Å². The lowest BCUT2D eigenvalue weighted by atomic mass is 10.0. The third kappa shape index (κ3) is 3.89. The van der Waals surface area contributed by atoms with Gasteiger partial charge in [0.1, 0.15) is 0 Å². The van der Waals surface area contributed by atoms with Gasteiger partial charge in [0.2, 0.25) is 0 Å². The predicted molar refractivity (Wildman–Crippen MR) is 96.6 cm³/mol. The van der Waals surface area contributed by atoms with Crippen LogP contribution in [0.15, 0.2) is 48.5 Å². The maximum atomic E-state index is 5.67. The topological polar surface area (TPSA) is 42.5 Å². The van der Waals surface area contributed by atoms with Gasteiger partial charge in [-0.3, -0.25) is 0 Å². The summed E-state index contributed by atoms with van der Waals surface area (Å²) in [6.45, 7) is 4.48. The molecule has 0 unspecified atom stereocenters. The number of hydrogen-bond acceptors (Lipinski definition) is 4. The highest BCUT2D eigenvalue weighted by molar-refractivity contribution is 5.43. The molecule has 4 nitrogen and oxygen atoms in total. The lowest BCUT2D eigenvalue weighted by Gasteiger charge is -2.21. The number of methoxy groups -OCH3 is 1. The summed E-state index contributed by atoms with van der Waals surface area (Å²) in [5, 5.41) is 7.30. The summed E-state index contributed by atoms with van der Waals surface area (Å²) >= 11 is 0. The molecule has 0 aromatic heterocycles. The van der Waals surface area contributed by atoms with Crippen LogP contribution in [0.3, 0.4) is 0 Å². The summed E-state index contributed by atoms with van der Waals surface area (Å²) in [6, 6.07) is 17.6. The van der Waals surface area contributed by atoms with Gasteiger partial charge in [0.05, 0.1) is 13.7 Å². The van der Waals surface area contributed by atoms with Crippen molar-refractivity contribution < 1.29 is 9.47 Å². The smallest absolute Gasteiger partial charge is 0.161 e. The molecule has 1 aliphatic heterocycles. The minimum atomic E-state index is 0.371. The molecule has 0 radical (unpaired) electrons. The van der Waals surface area contributed by atoms with Crippen LogP contribution < -0.4 is 20.1 Å². The van der Waals surface area contributed by atoms with Crippen LogP contribution in [0.1, 0.15) is 30.5 Å². The van der Waals surface area contributed by atoms with E-state index in [0.29, 0.717) is 18.7 Å². The van der Waals surface area contributed by atoms with Crippen molar-refractivity contribution in [1.82, 2.24) is 10.6 Å². The van der Waals surface area contributed by atoms with Gasteiger partial charge in [-0.2, -0.15) is 0 Å². The lowest BCUT2D eigenvalue weighted by molar-refractivity contribution is 0.310. The van der Waals surface area contributed by atoms with Crippen LogP contribution in [0.2, 0.25) is 0 Å². The van der Waals surface area contributed by atoms with E-state index in [9.17, 15) is 0 Å². The Labute approximate surface area is 144 Å². The maximum Gasteiger partial charge on any atom is 0.161 e. The summed E-state index contributed by atoms with van der Waals surface area (Å²) in [7, 11) is 1.67.